The highest BCUT2D eigenvalue weighted by atomic mass is 16.2. The molecule has 5 nitrogen and oxygen atoms in total. The average molecular weight is 324 g/mol. The fourth-order valence-corrected chi connectivity index (χ4v) is 3.01. The average Bonchev–Trinajstić information content (AvgIpc) is 2.67. The van der Waals surface area contributed by atoms with Crippen LogP contribution < -0.4 is 4.90 Å². The van der Waals surface area contributed by atoms with E-state index in [9.17, 15) is 4.79 Å². The van der Waals surface area contributed by atoms with Crippen LogP contribution in [0.25, 0.3) is 0 Å². The van der Waals surface area contributed by atoms with Crippen LogP contribution in [0, 0.1) is 0 Å². The highest BCUT2D eigenvalue weighted by Gasteiger charge is 2.19. The number of hydrogen-bond donors (Lipinski definition) is 0. The van der Waals surface area contributed by atoms with Crippen molar-refractivity contribution in [1.82, 2.24) is 14.9 Å². The zero-order valence-corrected chi connectivity index (χ0v) is 14.2. The summed E-state index contributed by atoms with van der Waals surface area (Å²) in [6.07, 6.45) is 5.28. The van der Waals surface area contributed by atoms with E-state index in [0.29, 0.717) is 24.7 Å². The monoisotopic (exact) mass is 324 g/mol. The molecule has 5 heteroatoms. The van der Waals surface area contributed by atoms with Crippen LogP contribution in [0.3, 0.4) is 0 Å². The smallest absolute Gasteiger partial charge is 0.272 e. The van der Waals surface area contributed by atoms with Gasteiger partial charge in [0.25, 0.3) is 5.91 Å². The number of benzene rings is 1. The van der Waals surface area contributed by atoms with Crippen LogP contribution in [-0.4, -0.2) is 40.4 Å². The highest BCUT2D eigenvalue weighted by Crippen LogP contribution is 2.16. The standard InChI is InChI=1S/C19H24N4O/c1-2-22(15-16-9-5-3-6-10-16)18(24)17-11-12-20-19(21-17)23-13-7-4-8-14-23/h3,5-6,9-12H,2,4,7-8,13-15H2,1H3. The maximum absolute atomic E-state index is 12.8. The predicted octanol–water partition coefficient (Wildman–Crippen LogP) is 3.13. The quantitative estimate of drug-likeness (QED) is 0.848. The minimum atomic E-state index is -0.0398. The molecular formula is C19H24N4O. The van der Waals surface area contributed by atoms with E-state index in [2.05, 4.69) is 14.9 Å². The largest absolute Gasteiger partial charge is 0.341 e. The number of nitrogens with zero attached hydrogens (tertiary/aromatic N) is 4. The Balaban J connectivity index is 1.75. The molecule has 1 aromatic heterocycles. The number of carbonyl (C=O) groups is 1. The number of carbonyl (C=O) groups excluding carboxylic acids is 1. The first-order valence-electron chi connectivity index (χ1n) is 8.69. The summed E-state index contributed by atoms with van der Waals surface area (Å²) in [4.78, 5) is 25.7. The molecule has 2 aromatic rings. The number of piperidine rings is 1. The predicted molar refractivity (Wildman–Crippen MR) is 95.0 cm³/mol. The van der Waals surface area contributed by atoms with Gasteiger partial charge in [0.1, 0.15) is 5.69 Å². The van der Waals surface area contributed by atoms with Gasteiger partial charge in [-0.25, -0.2) is 9.97 Å². The van der Waals surface area contributed by atoms with Gasteiger partial charge in [0.15, 0.2) is 0 Å². The van der Waals surface area contributed by atoms with Gasteiger partial charge in [0.2, 0.25) is 5.95 Å². The second-order valence-electron chi connectivity index (χ2n) is 6.09. The van der Waals surface area contributed by atoms with Crippen LogP contribution in [0.5, 0.6) is 0 Å². The fourth-order valence-electron chi connectivity index (χ4n) is 3.01. The molecule has 1 amide bonds. The van der Waals surface area contributed by atoms with Crippen molar-refractivity contribution in [3.63, 3.8) is 0 Å². The topological polar surface area (TPSA) is 49.3 Å². The van der Waals surface area contributed by atoms with Crippen molar-refractivity contribution in [2.75, 3.05) is 24.5 Å². The molecule has 24 heavy (non-hydrogen) atoms. The van der Waals surface area contributed by atoms with E-state index < -0.39 is 0 Å². The lowest BCUT2D eigenvalue weighted by Crippen LogP contribution is -2.33. The molecule has 0 N–H and O–H groups in total. The summed E-state index contributed by atoms with van der Waals surface area (Å²) in [5, 5.41) is 0. The molecule has 0 unspecified atom stereocenters. The summed E-state index contributed by atoms with van der Waals surface area (Å²) in [6, 6.07) is 11.8. The van der Waals surface area contributed by atoms with Gasteiger partial charge < -0.3 is 9.80 Å². The molecular weight excluding hydrogens is 300 g/mol. The first-order chi connectivity index (χ1) is 11.8. The lowest BCUT2D eigenvalue weighted by atomic mass is 10.1. The Hall–Kier alpha value is -2.43. The minimum absolute atomic E-state index is 0.0398. The van der Waals surface area contributed by atoms with Gasteiger partial charge in [-0.3, -0.25) is 4.79 Å². The Kier molecular flexibility index (Phi) is 5.41. The minimum Gasteiger partial charge on any atom is -0.341 e. The summed E-state index contributed by atoms with van der Waals surface area (Å²) in [5.74, 6) is 0.637. The van der Waals surface area contributed by atoms with Crippen molar-refractivity contribution in [3.8, 4) is 0 Å². The van der Waals surface area contributed by atoms with Gasteiger partial charge >= 0.3 is 0 Å². The SMILES string of the molecule is CCN(Cc1ccccc1)C(=O)c1ccnc(N2CCCCC2)n1. The van der Waals surface area contributed by atoms with Crippen molar-refractivity contribution in [1.29, 1.82) is 0 Å². The Morgan fingerprint density at radius 1 is 1.12 bits per heavy atom. The third kappa shape index (κ3) is 3.91. The molecule has 1 aliphatic heterocycles. The molecule has 126 valence electrons. The molecule has 0 spiro atoms. The molecule has 3 rings (SSSR count). The van der Waals surface area contributed by atoms with Gasteiger partial charge in [0.05, 0.1) is 0 Å². The molecule has 0 radical (unpaired) electrons. The van der Waals surface area contributed by atoms with Crippen LogP contribution in [0.1, 0.15) is 42.2 Å². The summed E-state index contributed by atoms with van der Waals surface area (Å²) < 4.78 is 0. The van der Waals surface area contributed by atoms with Gasteiger partial charge in [-0.2, -0.15) is 0 Å². The molecule has 0 atom stereocenters. The van der Waals surface area contributed by atoms with Crippen molar-refractivity contribution in [2.45, 2.75) is 32.7 Å². The van der Waals surface area contributed by atoms with E-state index in [4.69, 9.17) is 0 Å². The summed E-state index contributed by atoms with van der Waals surface area (Å²) >= 11 is 0. The van der Waals surface area contributed by atoms with E-state index in [1.54, 1.807) is 12.3 Å². The number of aromatic nitrogens is 2. The van der Waals surface area contributed by atoms with Crippen molar-refractivity contribution in [3.05, 3.63) is 53.9 Å². The van der Waals surface area contributed by atoms with Gasteiger partial charge in [-0.05, 0) is 37.8 Å². The normalized spacial score (nSPS) is 14.5. The molecule has 0 saturated carbocycles. The fraction of sp³-hybridized carbons (Fsp3) is 0.421. The van der Waals surface area contributed by atoms with Crippen LogP contribution in [0.15, 0.2) is 42.6 Å². The molecule has 1 saturated heterocycles. The first-order valence-corrected chi connectivity index (χ1v) is 8.69. The third-order valence-corrected chi connectivity index (χ3v) is 4.39. The lowest BCUT2D eigenvalue weighted by molar-refractivity contribution is 0.0746. The molecule has 1 fully saturated rings. The first kappa shape index (κ1) is 16.4. The van der Waals surface area contributed by atoms with E-state index in [1.807, 2.05) is 42.2 Å². The number of rotatable bonds is 5. The van der Waals surface area contributed by atoms with Crippen LogP contribution in [0.2, 0.25) is 0 Å². The van der Waals surface area contributed by atoms with E-state index in [0.717, 1.165) is 31.5 Å². The van der Waals surface area contributed by atoms with Crippen LogP contribution in [-0.2, 0) is 6.54 Å². The van der Waals surface area contributed by atoms with E-state index >= 15 is 0 Å². The molecule has 2 heterocycles. The van der Waals surface area contributed by atoms with Gasteiger partial charge in [0, 0.05) is 32.4 Å². The van der Waals surface area contributed by atoms with Crippen molar-refractivity contribution < 1.29 is 4.79 Å². The maximum atomic E-state index is 12.8. The zero-order chi connectivity index (χ0) is 16.8. The van der Waals surface area contributed by atoms with Gasteiger partial charge in [-0.15, -0.1) is 0 Å². The Labute approximate surface area is 143 Å². The molecule has 1 aliphatic rings. The Morgan fingerprint density at radius 2 is 1.88 bits per heavy atom. The summed E-state index contributed by atoms with van der Waals surface area (Å²) in [7, 11) is 0. The maximum Gasteiger partial charge on any atom is 0.272 e. The third-order valence-electron chi connectivity index (χ3n) is 4.39. The van der Waals surface area contributed by atoms with Crippen molar-refractivity contribution >= 4 is 11.9 Å². The summed E-state index contributed by atoms with van der Waals surface area (Å²) in [5.41, 5.74) is 1.60. The Bertz CT molecular complexity index is 668. The molecule has 0 bridgehead atoms. The Morgan fingerprint density at radius 3 is 2.58 bits per heavy atom. The van der Waals surface area contributed by atoms with Crippen LogP contribution in [0.4, 0.5) is 5.95 Å². The second kappa shape index (κ2) is 7.90. The lowest BCUT2D eigenvalue weighted by Gasteiger charge is -2.27. The number of hydrogen-bond acceptors (Lipinski definition) is 4. The van der Waals surface area contributed by atoms with Gasteiger partial charge in [-0.1, -0.05) is 30.3 Å². The number of anilines is 1. The van der Waals surface area contributed by atoms with Crippen molar-refractivity contribution in [2.24, 2.45) is 0 Å². The highest BCUT2D eigenvalue weighted by molar-refractivity contribution is 5.92. The van der Waals surface area contributed by atoms with Crippen LogP contribution >= 0.6 is 0 Å². The zero-order valence-electron chi connectivity index (χ0n) is 14.2. The number of amides is 1. The molecule has 0 aliphatic carbocycles. The molecule has 1 aromatic carbocycles. The second-order valence-corrected chi connectivity index (χ2v) is 6.09. The van der Waals surface area contributed by atoms with E-state index in [-0.39, 0.29) is 5.91 Å². The summed E-state index contributed by atoms with van der Waals surface area (Å²) in [6.45, 7) is 5.18. The van der Waals surface area contributed by atoms with E-state index in [1.165, 1.54) is 6.42 Å².